The molecule has 0 fully saturated rings. The third-order valence-corrected chi connectivity index (χ3v) is 4.04. The maximum Gasteiger partial charge on any atom is 0.248 e. The van der Waals surface area contributed by atoms with Gasteiger partial charge in [-0.05, 0) is 36.8 Å². The first-order chi connectivity index (χ1) is 13.1. The molecule has 138 valence electrons. The maximum atomic E-state index is 12.3. The zero-order valence-corrected chi connectivity index (χ0v) is 15.5. The molecule has 1 amide bonds. The number of aryl methyl sites for hydroxylation is 1. The Bertz CT molecular complexity index is 962. The van der Waals surface area contributed by atoms with Crippen LogP contribution in [0.15, 0.2) is 60.9 Å². The minimum absolute atomic E-state index is 0.238. The van der Waals surface area contributed by atoms with Gasteiger partial charge in [0.25, 0.3) is 0 Å². The zero-order valence-electron chi connectivity index (χ0n) is 15.5. The van der Waals surface area contributed by atoms with E-state index in [9.17, 15) is 4.79 Å². The van der Waals surface area contributed by atoms with Crippen LogP contribution in [0.25, 0.3) is 11.8 Å². The molecule has 0 unspecified atom stereocenters. The highest BCUT2D eigenvalue weighted by Crippen LogP contribution is 2.32. The molecule has 3 rings (SSSR count). The predicted octanol–water partition coefficient (Wildman–Crippen LogP) is 3.85. The molecule has 1 aromatic heterocycles. The molecule has 3 aromatic rings. The lowest BCUT2D eigenvalue weighted by molar-refractivity contribution is -0.111. The predicted molar refractivity (Wildman–Crippen MR) is 106 cm³/mol. The summed E-state index contributed by atoms with van der Waals surface area (Å²) in [5.74, 6) is 0.946. The number of amides is 1. The number of hydrogen-bond donors (Lipinski definition) is 1. The molecule has 1 heterocycles. The smallest absolute Gasteiger partial charge is 0.248 e. The third-order valence-electron chi connectivity index (χ3n) is 4.04. The van der Waals surface area contributed by atoms with E-state index in [1.54, 1.807) is 37.2 Å². The highest BCUT2D eigenvalue weighted by atomic mass is 16.5. The van der Waals surface area contributed by atoms with Crippen LogP contribution in [0.5, 0.6) is 11.5 Å². The van der Waals surface area contributed by atoms with Gasteiger partial charge < -0.3 is 14.8 Å². The number of methoxy groups -OCH3 is 2. The SMILES string of the molecule is COc1cc(C)c(NC(=O)/C=C/c2cnn(-c3ccccc3)c2)cc1OC. The van der Waals surface area contributed by atoms with Crippen LogP contribution in [0.1, 0.15) is 11.1 Å². The van der Waals surface area contributed by atoms with E-state index in [1.165, 1.54) is 6.08 Å². The van der Waals surface area contributed by atoms with E-state index in [0.29, 0.717) is 17.2 Å². The number of benzene rings is 2. The van der Waals surface area contributed by atoms with Crippen molar-refractivity contribution < 1.29 is 14.3 Å². The molecule has 0 bridgehead atoms. The number of anilines is 1. The van der Waals surface area contributed by atoms with Gasteiger partial charge in [0.05, 0.1) is 26.1 Å². The standard InChI is InChI=1S/C21H21N3O3/c1-15-11-19(26-2)20(27-3)12-18(15)23-21(25)10-9-16-13-22-24(14-16)17-7-5-4-6-8-17/h4-14H,1-3H3,(H,23,25)/b10-9+. The Morgan fingerprint density at radius 2 is 1.81 bits per heavy atom. The number of carbonyl (C=O) groups is 1. The molecule has 0 aliphatic heterocycles. The van der Waals surface area contributed by atoms with Crippen LogP contribution < -0.4 is 14.8 Å². The Hall–Kier alpha value is -3.54. The molecule has 1 N–H and O–H groups in total. The summed E-state index contributed by atoms with van der Waals surface area (Å²) >= 11 is 0. The summed E-state index contributed by atoms with van der Waals surface area (Å²) in [6.45, 7) is 1.89. The number of nitrogens with one attached hydrogen (secondary N) is 1. The van der Waals surface area contributed by atoms with Gasteiger partial charge >= 0.3 is 0 Å². The molecular weight excluding hydrogens is 342 g/mol. The Balaban J connectivity index is 1.70. The summed E-state index contributed by atoms with van der Waals surface area (Å²) in [6, 6.07) is 13.3. The maximum absolute atomic E-state index is 12.3. The fourth-order valence-electron chi connectivity index (χ4n) is 2.61. The number of aromatic nitrogens is 2. The van der Waals surface area contributed by atoms with Crippen molar-refractivity contribution in [1.29, 1.82) is 0 Å². The topological polar surface area (TPSA) is 65.4 Å². The second kappa shape index (κ2) is 8.23. The molecule has 27 heavy (non-hydrogen) atoms. The number of nitrogens with zero attached hydrogens (tertiary/aromatic N) is 2. The first-order valence-corrected chi connectivity index (χ1v) is 8.42. The molecule has 0 aliphatic carbocycles. The van der Waals surface area contributed by atoms with Crippen LogP contribution in [0, 0.1) is 6.92 Å². The third kappa shape index (κ3) is 4.36. The number of rotatable bonds is 6. The second-order valence-corrected chi connectivity index (χ2v) is 5.90. The van der Waals surface area contributed by atoms with Gasteiger partial charge in [-0.1, -0.05) is 18.2 Å². The van der Waals surface area contributed by atoms with E-state index in [2.05, 4.69) is 10.4 Å². The van der Waals surface area contributed by atoms with E-state index >= 15 is 0 Å². The van der Waals surface area contributed by atoms with E-state index < -0.39 is 0 Å². The number of para-hydroxylation sites is 1. The largest absolute Gasteiger partial charge is 0.493 e. The number of ether oxygens (including phenoxy) is 2. The molecule has 0 atom stereocenters. The monoisotopic (exact) mass is 363 g/mol. The van der Waals surface area contributed by atoms with Gasteiger partial charge in [0.15, 0.2) is 11.5 Å². The molecule has 6 heteroatoms. The van der Waals surface area contributed by atoms with E-state index in [0.717, 1.165) is 16.8 Å². The average molecular weight is 363 g/mol. The van der Waals surface area contributed by atoms with Crippen LogP contribution in [0.3, 0.4) is 0 Å². The van der Waals surface area contributed by atoms with E-state index in [1.807, 2.05) is 49.5 Å². The summed E-state index contributed by atoms with van der Waals surface area (Å²) in [6.07, 6.45) is 6.76. The average Bonchev–Trinajstić information content (AvgIpc) is 3.17. The quantitative estimate of drug-likeness (QED) is 0.676. The number of carbonyl (C=O) groups excluding carboxylic acids is 1. The molecule has 0 spiro atoms. The normalized spacial score (nSPS) is 10.8. The van der Waals surface area contributed by atoms with Gasteiger partial charge in [-0.2, -0.15) is 5.10 Å². The van der Waals surface area contributed by atoms with Gasteiger partial charge in [-0.15, -0.1) is 0 Å². The Kier molecular flexibility index (Phi) is 5.56. The van der Waals surface area contributed by atoms with Crippen LogP contribution in [0.4, 0.5) is 5.69 Å². The lowest BCUT2D eigenvalue weighted by Crippen LogP contribution is -2.09. The van der Waals surface area contributed by atoms with Gasteiger partial charge in [-0.3, -0.25) is 4.79 Å². The zero-order chi connectivity index (χ0) is 19.2. The first kappa shape index (κ1) is 18.3. The molecule has 0 aliphatic rings. The lowest BCUT2D eigenvalue weighted by atomic mass is 10.1. The second-order valence-electron chi connectivity index (χ2n) is 5.90. The van der Waals surface area contributed by atoms with Crippen molar-refractivity contribution in [3.05, 3.63) is 72.1 Å². The Morgan fingerprint density at radius 3 is 2.52 bits per heavy atom. The van der Waals surface area contributed by atoms with Crippen molar-refractivity contribution in [1.82, 2.24) is 9.78 Å². The van der Waals surface area contributed by atoms with Crippen molar-refractivity contribution in [2.24, 2.45) is 0 Å². The van der Waals surface area contributed by atoms with Gasteiger partial charge in [0.1, 0.15) is 0 Å². The highest BCUT2D eigenvalue weighted by Gasteiger charge is 2.10. The fraction of sp³-hybridized carbons (Fsp3) is 0.143. The fourth-order valence-corrected chi connectivity index (χ4v) is 2.61. The molecule has 0 saturated carbocycles. The highest BCUT2D eigenvalue weighted by molar-refractivity contribution is 6.02. The van der Waals surface area contributed by atoms with E-state index in [4.69, 9.17) is 9.47 Å². The molecular formula is C21H21N3O3. The van der Waals surface area contributed by atoms with Crippen LogP contribution in [0.2, 0.25) is 0 Å². The van der Waals surface area contributed by atoms with Crippen LogP contribution in [-0.4, -0.2) is 29.9 Å². The molecule has 0 radical (unpaired) electrons. The molecule has 6 nitrogen and oxygen atoms in total. The summed E-state index contributed by atoms with van der Waals surface area (Å²) in [7, 11) is 3.14. The Morgan fingerprint density at radius 1 is 1.11 bits per heavy atom. The van der Waals surface area contributed by atoms with Gasteiger partial charge in [0.2, 0.25) is 5.91 Å². The van der Waals surface area contributed by atoms with Gasteiger partial charge in [0, 0.05) is 29.6 Å². The molecule has 0 saturated heterocycles. The van der Waals surface area contributed by atoms with Crippen molar-refractivity contribution in [3.8, 4) is 17.2 Å². The first-order valence-electron chi connectivity index (χ1n) is 8.42. The summed E-state index contributed by atoms with van der Waals surface area (Å²) in [5.41, 5.74) is 3.34. The van der Waals surface area contributed by atoms with Crippen molar-refractivity contribution in [2.45, 2.75) is 6.92 Å². The number of hydrogen-bond acceptors (Lipinski definition) is 4. The van der Waals surface area contributed by atoms with Crippen molar-refractivity contribution in [2.75, 3.05) is 19.5 Å². The summed E-state index contributed by atoms with van der Waals surface area (Å²) in [5, 5.41) is 7.16. The summed E-state index contributed by atoms with van der Waals surface area (Å²) in [4.78, 5) is 12.3. The van der Waals surface area contributed by atoms with Crippen LogP contribution >= 0.6 is 0 Å². The summed E-state index contributed by atoms with van der Waals surface area (Å²) < 4.78 is 12.3. The van der Waals surface area contributed by atoms with Crippen molar-refractivity contribution in [3.63, 3.8) is 0 Å². The van der Waals surface area contributed by atoms with Gasteiger partial charge in [-0.25, -0.2) is 4.68 Å². The molecule has 2 aromatic carbocycles. The minimum Gasteiger partial charge on any atom is -0.493 e. The van der Waals surface area contributed by atoms with Crippen molar-refractivity contribution >= 4 is 17.7 Å². The minimum atomic E-state index is -0.238. The van der Waals surface area contributed by atoms with E-state index in [-0.39, 0.29) is 5.91 Å². The Labute approximate surface area is 158 Å². The lowest BCUT2D eigenvalue weighted by Gasteiger charge is -2.12. The van der Waals surface area contributed by atoms with Crippen LogP contribution in [-0.2, 0) is 4.79 Å².